The number of rotatable bonds is 7. The van der Waals surface area contributed by atoms with Crippen LogP contribution in [0.2, 0.25) is 0 Å². The molecule has 2 aliphatic rings. The lowest BCUT2D eigenvalue weighted by molar-refractivity contribution is -0.141. The van der Waals surface area contributed by atoms with E-state index in [2.05, 4.69) is 32.1 Å². The van der Waals surface area contributed by atoms with E-state index >= 15 is 0 Å². The third-order valence-corrected chi connectivity index (χ3v) is 5.75. The predicted octanol–water partition coefficient (Wildman–Crippen LogP) is 4.26. The van der Waals surface area contributed by atoms with Gasteiger partial charge in [-0.15, -0.1) is 0 Å². The molecule has 2 aliphatic carbocycles. The Labute approximate surface area is 193 Å². The summed E-state index contributed by atoms with van der Waals surface area (Å²) in [5.41, 5.74) is 1.38. The molecule has 32 heavy (non-hydrogen) atoms. The number of aliphatic hydroxyl groups is 3. The summed E-state index contributed by atoms with van der Waals surface area (Å²) in [4.78, 5) is 19.8. The van der Waals surface area contributed by atoms with Gasteiger partial charge in [-0.1, -0.05) is 66.2 Å². The summed E-state index contributed by atoms with van der Waals surface area (Å²) in [5, 5.41) is 42.7. The number of hydrogen-bond acceptors (Lipinski definition) is 5. The molecule has 0 aliphatic heterocycles. The van der Waals surface area contributed by atoms with E-state index in [-0.39, 0.29) is 31.5 Å². The molecule has 6 atom stereocenters. The first kappa shape index (κ1) is 32.5. The van der Waals surface area contributed by atoms with E-state index in [1.165, 1.54) is 18.4 Å². The van der Waals surface area contributed by atoms with Crippen molar-refractivity contribution in [2.24, 2.45) is 23.7 Å². The second-order valence-corrected chi connectivity index (χ2v) is 8.12. The largest absolute Gasteiger partial charge is 0.481 e. The van der Waals surface area contributed by atoms with Gasteiger partial charge in [-0.05, 0) is 49.0 Å². The summed E-state index contributed by atoms with van der Waals surface area (Å²) in [6, 6.07) is 0. The molecular weight excluding hydrogens is 412 g/mol. The Morgan fingerprint density at radius 3 is 2.16 bits per heavy atom. The Hall–Kier alpha value is -1.70. The highest BCUT2D eigenvalue weighted by atomic mass is 16.4. The van der Waals surface area contributed by atoms with Crippen molar-refractivity contribution >= 4 is 11.9 Å². The molecule has 0 aromatic heterocycles. The quantitative estimate of drug-likeness (QED) is 0.384. The maximum absolute atomic E-state index is 9.93. The molecule has 2 rings (SSSR count). The van der Waals surface area contributed by atoms with E-state index in [4.69, 9.17) is 20.4 Å². The van der Waals surface area contributed by atoms with Gasteiger partial charge in [0, 0.05) is 6.61 Å². The fraction of sp³-hybridized carbons (Fsp3) is 0.760. The maximum Gasteiger partial charge on any atom is 0.306 e. The first-order valence-electron chi connectivity index (χ1n) is 11.9. The van der Waals surface area contributed by atoms with Gasteiger partial charge in [0.15, 0.2) is 0 Å². The van der Waals surface area contributed by atoms with E-state index in [1.807, 2.05) is 20.8 Å². The molecule has 188 valence electrons. The van der Waals surface area contributed by atoms with Crippen LogP contribution in [0.1, 0.15) is 80.1 Å². The van der Waals surface area contributed by atoms with Crippen LogP contribution in [0.25, 0.3) is 0 Å². The SMILES string of the molecule is CC.CCC(C)C(=O)O.CCC1C(C)C=CC2=CC(O)CCC21.O=C(O)CC(O)CCO. The zero-order valence-electron chi connectivity index (χ0n) is 20.7. The number of allylic oxidation sites excluding steroid dienone is 3. The van der Waals surface area contributed by atoms with Gasteiger partial charge < -0.3 is 25.5 Å². The second kappa shape index (κ2) is 18.8. The first-order chi connectivity index (χ1) is 15.1. The van der Waals surface area contributed by atoms with Crippen LogP contribution in [0.5, 0.6) is 0 Å². The van der Waals surface area contributed by atoms with E-state index in [9.17, 15) is 14.7 Å². The third-order valence-electron chi connectivity index (χ3n) is 5.75. The van der Waals surface area contributed by atoms with E-state index in [0.717, 1.165) is 18.8 Å². The minimum atomic E-state index is -1.05. The molecule has 0 saturated carbocycles. The monoisotopic (exact) mass is 458 g/mol. The van der Waals surface area contributed by atoms with E-state index < -0.39 is 18.0 Å². The van der Waals surface area contributed by atoms with Gasteiger partial charge in [-0.2, -0.15) is 0 Å². The molecule has 0 aromatic carbocycles. The van der Waals surface area contributed by atoms with Gasteiger partial charge in [0.2, 0.25) is 0 Å². The summed E-state index contributed by atoms with van der Waals surface area (Å²) in [5.74, 6) is 0.276. The Morgan fingerprint density at radius 1 is 1.16 bits per heavy atom. The highest BCUT2D eigenvalue weighted by molar-refractivity contribution is 5.69. The first-order valence-corrected chi connectivity index (χ1v) is 11.9. The molecule has 0 spiro atoms. The number of fused-ring (bicyclic) bond motifs is 1. The molecule has 0 fully saturated rings. The summed E-state index contributed by atoms with van der Waals surface area (Å²) < 4.78 is 0. The predicted molar refractivity (Wildman–Crippen MR) is 127 cm³/mol. The van der Waals surface area contributed by atoms with Gasteiger partial charge in [-0.25, -0.2) is 0 Å². The Bertz CT molecular complexity index is 571. The van der Waals surface area contributed by atoms with E-state index in [1.54, 1.807) is 6.92 Å². The van der Waals surface area contributed by atoms with Gasteiger partial charge >= 0.3 is 11.9 Å². The van der Waals surface area contributed by atoms with Crippen LogP contribution in [0.4, 0.5) is 0 Å². The van der Waals surface area contributed by atoms with Gasteiger partial charge in [-0.3, -0.25) is 9.59 Å². The fourth-order valence-corrected chi connectivity index (χ4v) is 3.64. The summed E-state index contributed by atoms with van der Waals surface area (Å²) in [6.45, 7) is 12.0. The number of carboxylic acid groups (broad SMARTS) is 2. The highest BCUT2D eigenvalue weighted by Gasteiger charge is 2.32. The molecule has 5 N–H and O–H groups in total. The molecule has 0 amide bonds. The number of hydrogen-bond donors (Lipinski definition) is 5. The zero-order chi connectivity index (χ0) is 25.3. The van der Waals surface area contributed by atoms with Crippen LogP contribution in [0.15, 0.2) is 23.8 Å². The van der Waals surface area contributed by atoms with Crippen LogP contribution >= 0.6 is 0 Å². The average Bonchev–Trinajstić information content (AvgIpc) is 2.75. The molecule has 0 bridgehead atoms. The third kappa shape index (κ3) is 13.7. The number of carboxylic acids is 2. The molecular formula is C25H46O7. The Morgan fingerprint density at radius 2 is 1.75 bits per heavy atom. The van der Waals surface area contributed by atoms with Crippen molar-refractivity contribution in [3.63, 3.8) is 0 Å². The van der Waals surface area contributed by atoms with Crippen LogP contribution < -0.4 is 0 Å². The second-order valence-electron chi connectivity index (χ2n) is 8.12. The number of aliphatic hydroxyl groups excluding tert-OH is 3. The van der Waals surface area contributed by atoms with Crippen molar-refractivity contribution < 1.29 is 35.1 Å². The minimum absolute atomic E-state index is 0.131. The smallest absolute Gasteiger partial charge is 0.306 e. The van der Waals surface area contributed by atoms with Gasteiger partial charge in [0.1, 0.15) is 0 Å². The van der Waals surface area contributed by atoms with Crippen molar-refractivity contribution in [2.75, 3.05) is 6.61 Å². The maximum atomic E-state index is 9.93. The van der Waals surface area contributed by atoms with Crippen molar-refractivity contribution in [2.45, 2.75) is 92.3 Å². The van der Waals surface area contributed by atoms with Gasteiger partial charge in [0.05, 0.1) is 24.5 Å². The van der Waals surface area contributed by atoms with Crippen LogP contribution in [-0.2, 0) is 9.59 Å². The summed E-state index contributed by atoms with van der Waals surface area (Å²) in [7, 11) is 0. The molecule has 0 heterocycles. The fourth-order valence-electron chi connectivity index (χ4n) is 3.64. The lowest BCUT2D eigenvalue weighted by atomic mass is 9.68. The lowest BCUT2D eigenvalue weighted by Crippen LogP contribution is -2.29. The highest BCUT2D eigenvalue weighted by Crippen LogP contribution is 2.41. The lowest BCUT2D eigenvalue weighted by Gasteiger charge is -2.37. The van der Waals surface area contributed by atoms with Crippen LogP contribution in [0, 0.1) is 23.7 Å². The molecule has 0 saturated heterocycles. The van der Waals surface area contributed by atoms with Crippen molar-refractivity contribution in [1.29, 1.82) is 0 Å². The van der Waals surface area contributed by atoms with Crippen LogP contribution in [-0.4, -0.2) is 56.3 Å². The Kier molecular flexibility index (Phi) is 19.1. The minimum Gasteiger partial charge on any atom is -0.481 e. The van der Waals surface area contributed by atoms with Crippen molar-refractivity contribution in [3.8, 4) is 0 Å². The Balaban J connectivity index is 0. The standard InChI is InChI=1S/C13H20O.C5H10O4.C5H10O2.C2H6/c1-3-12-9(2)4-5-10-8-11(14)6-7-13(10)12;6-2-1-4(7)3-5(8)9;1-3-4(2)5(6)7;1-2/h4-5,8-9,11-14H,3,6-7H2,1-2H3;4,6-7H,1-3H2,(H,8,9);4H,3H2,1-2H3,(H,6,7);1-2H3. The van der Waals surface area contributed by atoms with Crippen molar-refractivity contribution in [1.82, 2.24) is 0 Å². The molecule has 6 unspecified atom stereocenters. The molecule has 7 heteroatoms. The van der Waals surface area contributed by atoms with Crippen LogP contribution in [0.3, 0.4) is 0 Å². The normalized spacial score (nSPS) is 25.1. The summed E-state index contributed by atoms with van der Waals surface area (Å²) >= 11 is 0. The zero-order valence-corrected chi connectivity index (χ0v) is 20.7. The number of carbonyl (C=O) groups is 2. The molecule has 0 aromatic rings. The van der Waals surface area contributed by atoms with Gasteiger partial charge in [0.25, 0.3) is 0 Å². The molecule has 7 nitrogen and oxygen atoms in total. The topological polar surface area (TPSA) is 135 Å². The molecule has 0 radical (unpaired) electrons. The van der Waals surface area contributed by atoms with Crippen molar-refractivity contribution in [3.05, 3.63) is 23.8 Å². The summed E-state index contributed by atoms with van der Waals surface area (Å²) in [6.07, 6.45) is 9.40. The van der Waals surface area contributed by atoms with E-state index in [0.29, 0.717) is 11.8 Å². The number of aliphatic carboxylic acids is 2. The average molecular weight is 459 g/mol.